The number of para-hydroxylation sites is 1. The fraction of sp³-hybridized carbons (Fsp3) is 0.280. The summed E-state index contributed by atoms with van der Waals surface area (Å²) in [5.41, 5.74) is 4.42. The first-order chi connectivity index (χ1) is 16.0. The van der Waals surface area contributed by atoms with Crippen LogP contribution in [0.5, 0.6) is 0 Å². The van der Waals surface area contributed by atoms with Crippen molar-refractivity contribution in [3.8, 4) is 5.69 Å². The van der Waals surface area contributed by atoms with E-state index in [0.717, 1.165) is 16.9 Å². The van der Waals surface area contributed by atoms with Crippen LogP contribution in [0, 0.1) is 13.8 Å². The Bertz CT molecular complexity index is 1410. The van der Waals surface area contributed by atoms with Gasteiger partial charge < -0.3 is 4.90 Å². The Morgan fingerprint density at radius 1 is 1.18 bits per heavy atom. The molecule has 2 aromatic heterocycles. The van der Waals surface area contributed by atoms with E-state index in [-0.39, 0.29) is 23.9 Å². The topological polar surface area (TPSA) is 73.0 Å². The van der Waals surface area contributed by atoms with Gasteiger partial charge in [-0.15, -0.1) is 0 Å². The highest BCUT2D eigenvalue weighted by Gasteiger charge is 2.31. The SMILES string of the molecule is CCN(C(=O)CC1CSc2nc3c(cnn3-c3ccc(C)cc3C)c(=O)n21)c1ccccc1. The third-order valence-electron chi connectivity index (χ3n) is 6.05. The van der Waals surface area contributed by atoms with Crippen LogP contribution in [0.1, 0.15) is 30.5 Å². The largest absolute Gasteiger partial charge is 0.313 e. The van der Waals surface area contributed by atoms with Gasteiger partial charge in [-0.2, -0.15) is 5.10 Å². The van der Waals surface area contributed by atoms with Crippen LogP contribution in [0.4, 0.5) is 5.69 Å². The lowest BCUT2D eigenvalue weighted by molar-refractivity contribution is -0.119. The Hall–Kier alpha value is -3.39. The maximum Gasteiger partial charge on any atom is 0.265 e. The van der Waals surface area contributed by atoms with Crippen molar-refractivity contribution in [3.63, 3.8) is 0 Å². The average Bonchev–Trinajstić information content (AvgIpc) is 3.40. The molecule has 7 nitrogen and oxygen atoms in total. The highest BCUT2D eigenvalue weighted by atomic mass is 32.2. The number of carbonyl (C=O) groups is 1. The van der Waals surface area contributed by atoms with Crippen LogP contribution < -0.4 is 10.5 Å². The van der Waals surface area contributed by atoms with E-state index in [0.29, 0.717) is 28.5 Å². The third-order valence-corrected chi connectivity index (χ3v) is 7.14. The van der Waals surface area contributed by atoms with E-state index in [1.54, 1.807) is 20.3 Å². The molecule has 0 radical (unpaired) electrons. The molecule has 0 N–H and O–H groups in total. The molecule has 1 unspecified atom stereocenters. The molecule has 3 heterocycles. The van der Waals surface area contributed by atoms with Crippen LogP contribution in [-0.2, 0) is 4.79 Å². The zero-order valence-electron chi connectivity index (χ0n) is 18.9. The van der Waals surface area contributed by atoms with Gasteiger partial charge in [0.25, 0.3) is 5.56 Å². The molecule has 8 heteroatoms. The second kappa shape index (κ2) is 8.51. The highest BCUT2D eigenvalue weighted by Crippen LogP contribution is 2.34. The Balaban J connectivity index is 1.49. The molecule has 1 atom stereocenters. The molecule has 33 heavy (non-hydrogen) atoms. The van der Waals surface area contributed by atoms with Crippen molar-refractivity contribution in [3.05, 3.63) is 76.2 Å². The lowest BCUT2D eigenvalue weighted by Gasteiger charge is -2.23. The summed E-state index contributed by atoms with van der Waals surface area (Å²) in [6.07, 6.45) is 1.84. The van der Waals surface area contributed by atoms with Crippen LogP contribution in [-0.4, -0.2) is 37.5 Å². The molecule has 2 aromatic carbocycles. The van der Waals surface area contributed by atoms with Crippen molar-refractivity contribution >= 4 is 34.4 Å². The lowest BCUT2D eigenvalue weighted by Crippen LogP contribution is -2.34. The summed E-state index contributed by atoms with van der Waals surface area (Å²) >= 11 is 1.52. The Labute approximate surface area is 196 Å². The summed E-state index contributed by atoms with van der Waals surface area (Å²) in [5, 5.41) is 5.59. The number of hydrogen-bond donors (Lipinski definition) is 0. The number of carbonyl (C=O) groups excluding carboxylic acids is 1. The second-order valence-electron chi connectivity index (χ2n) is 8.30. The Morgan fingerprint density at radius 3 is 2.70 bits per heavy atom. The predicted molar refractivity (Wildman–Crippen MR) is 131 cm³/mol. The first-order valence-corrected chi connectivity index (χ1v) is 12.0. The van der Waals surface area contributed by atoms with Crippen LogP contribution in [0.2, 0.25) is 0 Å². The monoisotopic (exact) mass is 459 g/mol. The van der Waals surface area contributed by atoms with Gasteiger partial charge in [0, 0.05) is 24.4 Å². The minimum atomic E-state index is -0.232. The zero-order valence-corrected chi connectivity index (χ0v) is 19.7. The number of fused-ring (bicyclic) bond motifs is 2. The summed E-state index contributed by atoms with van der Waals surface area (Å²) in [6.45, 7) is 6.61. The Morgan fingerprint density at radius 2 is 1.97 bits per heavy atom. The highest BCUT2D eigenvalue weighted by molar-refractivity contribution is 7.99. The van der Waals surface area contributed by atoms with E-state index in [4.69, 9.17) is 4.98 Å². The van der Waals surface area contributed by atoms with Gasteiger partial charge in [-0.25, -0.2) is 9.67 Å². The van der Waals surface area contributed by atoms with Crippen LogP contribution >= 0.6 is 11.8 Å². The molecule has 5 rings (SSSR count). The number of amides is 1. The standard InChI is InChI=1S/C25H25N5O2S/c1-4-28(18-8-6-5-7-9-18)22(31)13-19-15-33-25-27-23-20(24(32)29(19)25)14-26-30(23)21-11-10-16(2)12-17(21)3/h5-12,14,19H,4,13,15H2,1-3H3. The molecule has 168 valence electrons. The molecule has 0 spiro atoms. The summed E-state index contributed by atoms with van der Waals surface area (Å²) in [6, 6.07) is 15.5. The molecule has 0 saturated heterocycles. The van der Waals surface area contributed by atoms with Gasteiger partial charge in [0.15, 0.2) is 10.8 Å². The van der Waals surface area contributed by atoms with Gasteiger partial charge in [-0.1, -0.05) is 47.7 Å². The van der Waals surface area contributed by atoms with Crippen molar-refractivity contribution in [2.75, 3.05) is 17.2 Å². The molecule has 4 aromatic rings. The number of aromatic nitrogens is 4. The number of aryl methyl sites for hydroxylation is 2. The predicted octanol–water partition coefficient (Wildman–Crippen LogP) is 4.29. The molecule has 0 fully saturated rings. The Kier molecular flexibility index (Phi) is 5.54. The van der Waals surface area contributed by atoms with Crippen LogP contribution in [0.25, 0.3) is 16.7 Å². The van der Waals surface area contributed by atoms with E-state index in [2.05, 4.69) is 11.2 Å². The first kappa shape index (κ1) is 21.5. The molecular formula is C25H25N5O2S. The van der Waals surface area contributed by atoms with Crippen molar-refractivity contribution in [1.82, 2.24) is 19.3 Å². The zero-order chi connectivity index (χ0) is 23.1. The summed E-state index contributed by atoms with van der Waals surface area (Å²) in [5.74, 6) is 0.643. The van der Waals surface area contributed by atoms with Gasteiger partial charge in [0.1, 0.15) is 5.39 Å². The van der Waals surface area contributed by atoms with Crippen molar-refractivity contribution in [2.24, 2.45) is 0 Å². The second-order valence-corrected chi connectivity index (χ2v) is 9.28. The summed E-state index contributed by atoms with van der Waals surface area (Å²) < 4.78 is 3.41. The minimum absolute atomic E-state index is 0.000113. The van der Waals surface area contributed by atoms with E-state index in [1.165, 1.54) is 17.3 Å². The number of rotatable bonds is 5. The minimum Gasteiger partial charge on any atom is -0.313 e. The quantitative estimate of drug-likeness (QED) is 0.416. The lowest BCUT2D eigenvalue weighted by atomic mass is 10.1. The van der Waals surface area contributed by atoms with Gasteiger partial charge in [0.2, 0.25) is 5.91 Å². The molecule has 0 saturated carbocycles. The van der Waals surface area contributed by atoms with Crippen LogP contribution in [0.3, 0.4) is 0 Å². The molecule has 1 aliphatic heterocycles. The van der Waals surface area contributed by atoms with E-state index < -0.39 is 0 Å². The van der Waals surface area contributed by atoms with Crippen molar-refractivity contribution < 1.29 is 4.79 Å². The third kappa shape index (κ3) is 3.74. The number of thioether (sulfide) groups is 1. The average molecular weight is 460 g/mol. The number of benzene rings is 2. The molecular weight excluding hydrogens is 434 g/mol. The van der Waals surface area contributed by atoms with Gasteiger partial charge in [0.05, 0.1) is 17.9 Å². The molecule has 0 bridgehead atoms. The van der Waals surface area contributed by atoms with Gasteiger partial charge >= 0.3 is 0 Å². The summed E-state index contributed by atoms with van der Waals surface area (Å²) in [4.78, 5) is 33.1. The summed E-state index contributed by atoms with van der Waals surface area (Å²) in [7, 11) is 0. The fourth-order valence-electron chi connectivity index (χ4n) is 4.42. The maximum absolute atomic E-state index is 13.4. The van der Waals surface area contributed by atoms with E-state index in [9.17, 15) is 9.59 Å². The number of hydrogen-bond acceptors (Lipinski definition) is 5. The molecule has 0 aliphatic carbocycles. The smallest absolute Gasteiger partial charge is 0.265 e. The van der Waals surface area contributed by atoms with E-state index in [1.807, 2.05) is 63.2 Å². The molecule has 1 aliphatic rings. The normalized spacial score (nSPS) is 15.1. The van der Waals surface area contributed by atoms with Crippen molar-refractivity contribution in [2.45, 2.75) is 38.4 Å². The molecule has 1 amide bonds. The number of nitrogens with zero attached hydrogens (tertiary/aromatic N) is 5. The van der Waals surface area contributed by atoms with Gasteiger partial charge in [-0.05, 0) is 44.5 Å². The number of anilines is 1. The van der Waals surface area contributed by atoms with Gasteiger partial charge in [-0.3, -0.25) is 14.2 Å². The van der Waals surface area contributed by atoms with E-state index >= 15 is 0 Å². The first-order valence-electron chi connectivity index (χ1n) is 11.0. The maximum atomic E-state index is 13.4. The van der Waals surface area contributed by atoms with Crippen molar-refractivity contribution in [1.29, 1.82) is 0 Å². The van der Waals surface area contributed by atoms with Crippen LogP contribution in [0.15, 0.2) is 64.7 Å². The fourth-order valence-corrected chi connectivity index (χ4v) is 5.55.